The number of benzene rings is 2. The molecule has 0 bridgehead atoms. The minimum atomic E-state index is -0.989. The third-order valence-electron chi connectivity index (χ3n) is 3.72. The lowest BCUT2D eigenvalue weighted by Crippen LogP contribution is -2.23. The molecule has 0 aliphatic heterocycles. The lowest BCUT2D eigenvalue weighted by Gasteiger charge is -2.18. The fraction of sp³-hybridized carbons (Fsp3) is 0.364. The molecular formula is C22H31N3O2. The zero-order valence-electron chi connectivity index (χ0n) is 16.3. The first kappa shape index (κ1) is 22.2. The van der Waals surface area contributed by atoms with Crippen molar-refractivity contribution in [3.63, 3.8) is 0 Å². The van der Waals surface area contributed by atoms with E-state index in [4.69, 9.17) is 0 Å². The van der Waals surface area contributed by atoms with Crippen molar-refractivity contribution in [3.05, 3.63) is 60.7 Å². The summed E-state index contributed by atoms with van der Waals surface area (Å²) < 4.78 is 0. The van der Waals surface area contributed by atoms with Gasteiger partial charge >= 0.3 is 6.09 Å². The normalized spacial score (nSPS) is 10.1. The van der Waals surface area contributed by atoms with E-state index in [0.29, 0.717) is 11.4 Å². The fourth-order valence-corrected chi connectivity index (χ4v) is 2.25. The largest absolute Gasteiger partial charge is 0.464 e. The number of rotatable bonds is 9. The summed E-state index contributed by atoms with van der Waals surface area (Å²) in [5.41, 5.74) is 1.28. The molecule has 2 aromatic carbocycles. The molecule has 0 saturated carbocycles. The number of unbranched alkanes of at least 4 members (excludes halogenated alkanes) is 2. The highest BCUT2D eigenvalue weighted by atomic mass is 16.4. The van der Waals surface area contributed by atoms with E-state index in [1.807, 2.05) is 42.7 Å². The number of nitrogens with one attached hydrogen (secondary N) is 1. The maximum Gasteiger partial charge on any atom is 0.416 e. The van der Waals surface area contributed by atoms with Crippen molar-refractivity contribution in [2.45, 2.75) is 39.5 Å². The van der Waals surface area contributed by atoms with Crippen LogP contribution in [0.25, 0.3) is 0 Å². The molecule has 1 amide bonds. The van der Waals surface area contributed by atoms with Crippen LogP contribution in [-0.4, -0.2) is 30.6 Å². The number of carbonyl (C=O) groups is 1. The molecule has 2 N–H and O–H groups in total. The van der Waals surface area contributed by atoms with Crippen molar-refractivity contribution < 1.29 is 9.90 Å². The minimum absolute atomic E-state index is 0.640. The molecule has 0 radical (unpaired) electrons. The van der Waals surface area contributed by atoms with Gasteiger partial charge in [0.25, 0.3) is 0 Å². The predicted molar refractivity (Wildman–Crippen MR) is 114 cm³/mol. The van der Waals surface area contributed by atoms with Gasteiger partial charge in [-0.1, -0.05) is 63.1 Å². The van der Waals surface area contributed by atoms with Gasteiger partial charge in [-0.05, 0) is 37.1 Å². The SMILES string of the molecule is CCCCN=CNCCCC.O=C(O)N(c1ccccc1)c1ccccc1. The first-order valence-electron chi connectivity index (χ1n) is 9.55. The summed E-state index contributed by atoms with van der Waals surface area (Å²) in [5, 5.41) is 12.4. The standard InChI is InChI=1S/C13H11NO2.C9H20N2/c15-13(16)14(11-7-3-1-4-8-11)12-9-5-2-6-10-12;1-3-5-7-10-9-11-8-6-4-2/h1-10H,(H,15,16);9H,3-8H2,1-2H3,(H,10,11). The second kappa shape index (κ2) is 14.4. The summed E-state index contributed by atoms with van der Waals surface area (Å²) >= 11 is 0. The number of amides is 1. The maximum atomic E-state index is 11.2. The van der Waals surface area contributed by atoms with E-state index in [2.05, 4.69) is 24.2 Å². The predicted octanol–water partition coefficient (Wildman–Crippen LogP) is 5.71. The number of aliphatic imine (C=N–C) groups is 1. The van der Waals surface area contributed by atoms with Crippen molar-refractivity contribution >= 4 is 23.8 Å². The molecule has 0 spiro atoms. The Kier molecular flexibility index (Phi) is 11.8. The molecule has 0 aliphatic carbocycles. The Bertz CT molecular complexity index is 606. The summed E-state index contributed by atoms with van der Waals surface area (Å²) in [6.45, 7) is 6.40. The topological polar surface area (TPSA) is 64.9 Å². The van der Waals surface area contributed by atoms with Crippen LogP contribution in [0.4, 0.5) is 16.2 Å². The Morgan fingerprint density at radius 3 is 1.93 bits per heavy atom. The van der Waals surface area contributed by atoms with Gasteiger partial charge in [0.05, 0.1) is 17.7 Å². The van der Waals surface area contributed by atoms with Crippen LogP contribution in [0.3, 0.4) is 0 Å². The smallest absolute Gasteiger partial charge is 0.416 e. The number of hydrogen-bond acceptors (Lipinski definition) is 2. The molecule has 0 saturated heterocycles. The first-order chi connectivity index (χ1) is 13.2. The Labute approximate surface area is 162 Å². The van der Waals surface area contributed by atoms with Crippen molar-refractivity contribution in [2.24, 2.45) is 4.99 Å². The maximum absolute atomic E-state index is 11.2. The van der Waals surface area contributed by atoms with Crippen molar-refractivity contribution in [2.75, 3.05) is 18.0 Å². The van der Waals surface area contributed by atoms with Gasteiger partial charge in [-0.3, -0.25) is 4.99 Å². The summed E-state index contributed by atoms with van der Waals surface area (Å²) in [6, 6.07) is 18.0. The van der Waals surface area contributed by atoms with Gasteiger partial charge < -0.3 is 10.4 Å². The number of nitrogens with zero attached hydrogens (tertiary/aromatic N) is 2. The average molecular weight is 370 g/mol. The van der Waals surface area contributed by atoms with Gasteiger partial charge in [-0.15, -0.1) is 0 Å². The van der Waals surface area contributed by atoms with Gasteiger partial charge in [-0.25, -0.2) is 9.69 Å². The molecular weight excluding hydrogens is 338 g/mol. The number of carboxylic acid groups (broad SMARTS) is 1. The second-order valence-corrected chi connectivity index (χ2v) is 5.99. The molecule has 2 rings (SSSR count). The molecule has 0 atom stereocenters. The number of hydrogen-bond donors (Lipinski definition) is 2. The van der Waals surface area contributed by atoms with E-state index >= 15 is 0 Å². The Morgan fingerprint density at radius 1 is 0.963 bits per heavy atom. The van der Waals surface area contributed by atoms with E-state index in [-0.39, 0.29) is 0 Å². The number of para-hydroxylation sites is 2. The Morgan fingerprint density at radius 2 is 1.48 bits per heavy atom. The van der Waals surface area contributed by atoms with Crippen LogP contribution >= 0.6 is 0 Å². The molecule has 0 unspecified atom stereocenters. The summed E-state index contributed by atoms with van der Waals surface area (Å²) in [6.07, 6.45) is 5.76. The van der Waals surface area contributed by atoms with Crippen molar-refractivity contribution in [3.8, 4) is 0 Å². The number of anilines is 2. The van der Waals surface area contributed by atoms with E-state index < -0.39 is 6.09 Å². The van der Waals surface area contributed by atoms with Crippen molar-refractivity contribution in [1.82, 2.24) is 5.32 Å². The molecule has 27 heavy (non-hydrogen) atoms. The van der Waals surface area contributed by atoms with Crippen LogP contribution in [0.1, 0.15) is 39.5 Å². The molecule has 0 aliphatic rings. The highest BCUT2D eigenvalue weighted by Gasteiger charge is 2.15. The highest BCUT2D eigenvalue weighted by Crippen LogP contribution is 2.24. The van der Waals surface area contributed by atoms with Gasteiger partial charge in [0.2, 0.25) is 0 Å². The monoisotopic (exact) mass is 369 g/mol. The van der Waals surface area contributed by atoms with Crippen LogP contribution in [0.2, 0.25) is 0 Å². The zero-order valence-corrected chi connectivity index (χ0v) is 16.3. The van der Waals surface area contributed by atoms with Gasteiger partial charge in [0.15, 0.2) is 0 Å². The zero-order chi connectivity index (χ0) is 19.7. The molecule has 0 heterocycles. The second-order valence-electron chi connectivity index (χ2n) is 5.99. The van der Waals surface area contributed by atoms with Crippen molar-refractivity contribution in [1.29, 1.82) is 0 Å². The first-order valence-corrected chi connectivity index (χ1v) is 9.55. The van der Waals surface area contributed by atoms with Gasteiger partial charge in [0, 0.05) is 13.1 Å². The van der Waals surface area contributed by atoms with E-state index in [1.165, 1.54) is 30.6 Å². The lowest BCUT2D eigenvalue weighted by molar-refractivity contribution is 0.205. The summed E-state index contributed by atoms with van der Waals surface area (Å²) in [4.78, 5) is 16.7. The van der Waals surface area contributed by atoms with E-state index in [1.54, 1.807) is 24.3 Å². The minimum Gasteiger partial charge on any atom is -0.464 e. The van der Waals surface area contributed by atoms with E-state index in [9.17, 15) is 9.90 Å². The van der Waals surface area contributed by atoms with Crippen LogP contribution in [0, 0.1) is 0 Å². The van der Waals surface area contributed by atoms with E-state index in [0.717, 1.165) is 13.1 Å². The molecule has 5 nitrogen and oxygen atoms in total. The molecule has 0 aromatic heterocycles. The molecule has 5 heteroatoms. The quantitative estimate of drug-likeness (QED) is 0.338. The van der Waals surface area contributed by atoms with Crippen LogP contribution in [0.15, 0.2) is 65.7 Å². The highest BCUT2D eigenvalue weighted by molar-refractivity contribution is 5.94. The Hall–Kier alpha value is -2.82. The van der Waals surface area contributed by atoms with Gasteiger partial charge in [-0.2, -0.15) is 0 Å². The summed E-state index contributed by atoms with van der Waals surface area (Å²) in [5.74, 6) is 0. The Balaban J connectivity index is 0.000000293. The molecule has 146 valence electrons. The summed E-state index contributed by atoms with van der Waals surface area (Å²) in [7, 11) is 0. The average Bonchev–Trinajstić information content (AvgIpc) is 2.69. The third-order valence-corrected chi connectivity index (χ3v) is 3.72. The molecule has 0 fully saturated rings. The van der Waals surface area contributed by atoms with Crippen LogP contribution in [-0.2, 0) is 0 Å². The fourth-order valence-electron chi connectivity index (χ4n) is 2.25. The third kappa shape index (κ3) is 9.45. The lowest BCUT2D eigenvalue weighted by atomic mass is 10.2. The van der Waals surface area contributed by atoms with Crippen LogP contribution < -0.4 is 10.2 Å². The van der Waals surface area contributed by atoms with Crippen LogP contribution in [0.5, 0.6) is 0 Å². The van der Waals surface area contributed by atoms with Gasteiger partial charge in [0.1, 0.15) is 0 Å². The molecule has 2 aromatic rings.